The Bertz CT molecular complexity index is 291. The first-order valence-electron chi connectivity index (χ1n) is 4.32. The normalized spacial score (nSPS) is 13.2. The molecule has 1 aromatic rings. The van der Waals surface area contributed by atoms with E-state index in [1.54, 1.807) is 0 Å². The van der Waals surface area contributed by atoms with E-state index in [0.717, 1.165) is 11.1 Å². The quantitative estimate of drug-likeness (QED) is 0.810. The SMILES string of the molecule is Cc1ccccc1C(N)COC(F)F. The van der Waals surface area contributed by atoms with Gasteiger partial charge in [0.05, 0.1) is 12.6 Å². The molecule has 2 N–H and O–H groups in total. The van der Waals surface area contributed by atoms with Crippen LogP contribution in [0.15, 0.2) is 24.3 Å². The largest absolute Gasteiger partial charge is 0.345 e. The molecule has 0 saturated carbocycles. The Kier molecular flexibility index (Phi) is 3.98. The molecule has 14 heavy (non-hydrogen) atoms. The molecule has 0 heterocycles. The predicted molar refractivity (Wildman–Crippen MR) is 50.1 cm³/mol. The van der Waals surface area contributed by atoms with Gasteiger partial charge in [-0.2, -0.15) is 8.78 Å². The molecule has 4 heteroatoms. The van der Waals surface area contributed by atoms with Gasteiger partial charge in [-0.25, -0.2) is 0 Å². The van der Waals surface area contributed by atoms with Crippen LogP contribution in [0, 0.1) is 6.92 Å². The molecule has 0 spiro atoms. The van der Waals surface area contributed by atoms with Crippen molar-refractivity contribution < 1.29 is 13.5 Å². The molecule has 0 aliphatic rings. The third-order valence-corrected chi connectivity index (χ3v) is 1.99. The maximum Gasteiger partial charge on any atom is 0.345 e. The van der Waals surface area contributed by atoms with Crippen LogP contribution in [0.25, 0.3) is 0 Å². The van der Waals surface area contributed by atoms with Crippen LogP contribution in [-0.4, -0.2) is 13.2 Å². The second kappa shape index (κ2) is 5.02. The van der Waals surface area contributed by atoms with Crippen molar-refractivity contribution in [3.63, 3.8) is 0 Å². The molecule has 0 aliphatic heterocycles. The number of rotatable bonds is 4. The summed E-state index contributed by atoms with van der Waals surface area (Å²) in [6.45, 7) is -1.04. The van der Waals surface area contributed by atoms with Crippen LogP contribution in [0.3, 0.4) is 0 Å². The Morgan fingerprint density at radius 2 is 2.00 bits per heavy atom. The van der Waals surface area contributed by atoms with Crippen molar-refractivity contribution in [2.24, 2.45) is 5.73 Å². The van der Waals surface area contributed by atoms with Crippen LogP contribution in [0.4, 0.5) is 8.78 Å². The maximum absolute atomic E-state index is 11.7. The number of halogens is 2. The Hall–Kier alpha value is -1.00. The second-order valence-electron chi connectivity index (χ2n) is 3.06. The number of benzene rings is 1. The van der Waals surface area contributed by atoms with Crippen molar-refractivity contribution >= 4 is 0 Å². The molecular formula is C10H13F2NO. The van der Waals surface area contributed by atoms with Gasteiger partial charge in [0, 0.05) is 0 Å². The first-order valence-corrected chi connectivity index (χ1v) is 4.32. The number of hydrogen-bond acceptors (Lipinski definition) is 2. The van der Waals surface area contributed by atoms with Crippen LogP contribution in [0.1, 0.15) is 17.2 Å². The Morgan fingerprint density at radius 3 is 2.57 bits per heavy atom. The summed E-state index contributed by atoms with van der Waals surface area (Å²) in [5.74, 6) is 0. The average Bonchev–Trinajstić information content (AvgIpc) is 2.15. The summed E-state index contributed by atoms with van der Waals surface area (Å²) in [5.41, 5.74) is 7.51. The van der Waals surface area contributed by atoms with E-state index >= 15 is 0 Å². The van der Waals surface area contributed by atoms with Crippen molar-refractivity contribution in [1.82, 2.24) is 0 Å². The molecule has 1 unspecified atom stereocenters. The molecular weight excluding hydrogens is 188 g/mol. The molecule has 0 bridgehead atoms. The molecule has 78 valence electrons. The van der Waals surface area contributed by atoms with Crippen molar-refractivity contribution in [1.29, 1.82) is 0 Å². The van der Waals surface area contributed by atoms with Gasteiger partial charge in [-0.15, -0.1) is 0 Å². The summed E-state index contributed by atoms with van der Waals surface area (Å²) in [6.07, 6.45) is 0. The number of ether oxygens (including phenoxy) is 1. The zero-order valence-electron chi connectivity index (χ0n) is 7.91. The summed E-state index contributed by atoms with van der Waals surface area (Å²) >= 11 is 0. The van der Waals surface area contributed by atoms with Gasteiger partial charge in [0.25, 0.3) is 0 Å². The van der Waals surface area contributed by atoms with E-state index in [-0.39, 0.29) is 6.61 Å². The van der Waals surface area contributed by atoms with E-state index in [2.05, 4.69) is 4.74 Å². The standard InChI is InChI=1S/C10H13F2NO/c1-7-4-2-3-5-8(7)9(13)6-14-10(11)12/h2-5,9-10H,6,13H2,1H3. The highest BCUT2D eigenvalue weighted by Crippen LogP contribution is 2.15. The highest BCUT2D eigenvalue weighted by Gasteiger charge is 2.11. The monoisotopic (exact) mass is 201 g/mol. The lowest BCUT2D eigenvalue weighted by atomic mass is 10.0. The minimum atomic E-state index is -2.76. The fourth-order valence-electron chi connectivity index (χ4n) is 1.27. The molecule has 0 aliphatic carbocycles. The van der Waals surface area contributed by atoms with Gasteiger partial charge in [-0.1, -0.05) is 24.3 Å². The van der Waals surface area contributed by atoms with E-state index < -0.39 is 12.7 Å². The highest BCUT2D eigenvalue weighted by atomic mass is 19.3. The molecule has 1 rings (SSSR count). The van der Waals surface area contributed by atoms with Crippen LogP contribution in [0.5, 0.6) is 0 Å². The van der Waals surface area contributed by atoms with E-state index in [1.807, 2.05) is 31.2 Å². The number of alkyl halides is 2. The zero-order chi connectivity index (χ0) is 10.6. The lowest BCUT2D eigenvalue weighted by Gasteiger charge is -2.14. The van der Waals surface area contributed by atoms with Gasteiger partial charge in [0.15, 0.2) is 0 Å². The summed E-state index contributed by atoms with van der Waals surface area (Å²) < 4.78 is 27.6. The van der Waals surface area contributed by atoms with Crippen LogP contribution >= 0.6 is 0 Å². The minimum absolute atomic E-state index is 0.164. The van der Waals surface area contributed by atoms with Crippen molar-refractivity contribution in [3.8, 4) is 0 Å². The molecule has 0 fully saturated rings. The topological polar surface area (TPSA) is 35.2 Å². The lowest BCUT2D eigenvalue weighted by molar-refractivity contribution is -0.132. The molecule has 2 nitrogen and oxygen atoms in total. The number of aryl methyl sites for hydroxylation is 1. The first-order chi connectivity index (χ1) is 6.61. The predicted octanol–water partition coefficient (Wildman–Crippen LogP) is 2.23. The second-order valence-corrected chi connectivity index (χ2v) is 3.06. The number of hydrogen-bond donors (Lipinski definition) is 1. The first kappa shape index (κ1) is 11.1. The van der Waals surface area contributed by atoms with E-state index in [1.165, 1.54) is 0 Å². The van der Waals surface area contributed by atoms with Crippen LogP contribution in [0.2, 0.25) is 0 Å². The minimum Gasteiger partial charge on any atom is -0.322 e. The molecule has 0 saturated heterocycles. The van der Waals surface area contributed by atoms with Gasteiger partial charge < -0.3 is 10.5 Å². The highest BCUT2D eigenvalue weighted by molar-refractivity contribution is 5.28. The van der Waals surface area contributed by atoms with Gasteiger partial charge in [0.1, 0.15) is 0 Å². The third kappa shape index (κ3) is 3.05. The molecule has 0 radical (unpaired) electrons. The Labute approximate surface area is 81.7 Å². The average molecular weight is 201 g/mol. The van der Waals surface area contributed by atoms with E-state index in [0.29, 0.717) is 0 Å². The summed E-state index contributed by atoms with van der Waals surface area (Å²) in [5, 5.41) is 0. The van der Waals surface area contributed by atoms with Crippen molar-refractivity contribution in [2.75, 3.05) is 6.61 Å². The summed E-state index contributed by atoms with van der Waals surface area (Å²) in [4.78, 5) is 0. The Morgan fingerprint density at radius 1 is 1.36 bits per heavy atom. The smallest absolute Gasteiger partial charge is 0.322 e. The molecule has 0 amide bonds. The molecule has 1 atom stereocenters. The van der Waals surface area contributed by atoms with Crippen molar-refractivity contribution in [3.05, 3.63) is 35.4 Å². The third-order valence-electron chi connectivity index (χ3n) is 1.99. The molecule has 0 aromatic heterocycles. The molecule has 1 aromatic carbocycles. The van der Waals surface area contributed by atoms with Crippen molar-refractivity contribution in [2.45, 2.75) is 19.6 Å². The fraction of sp³-hybridized carbons (Fsp3) is 0.400. The lowest BCUT2D eigenvalue weighted by Crippen LogP contribution is -2.19. The van der Waals surface area contributed by atoms with Crippen LogP contribution in [-0.2, 0) is 4.74 Å². The fourth-order valence-corrected chi connectivity index (χ4v) is 1.27. The van der Waals surface area contributed by atoms with E-state index in [9.17, 15) is 8.78 Å². The van der Waals surface area contributed by atoms with Gasteiger partial charge in [-0.3, -0.25) is 0 Å². The van der Waals surface area contributed by atoms with Gasteiger partial charge in [-0.05, 0) is 18.1 Å². The maximum atomic E-state index is 11.7. The number of nitrogens with two attached hydrogens (primary N) is 1. The van der Waals surface area contributed by atoms with Crippen LogP contribution < -0.4 is 5.73 Å². The summed E-state index contributed by atoms with van der Waals surface area (Å²) in [7, 11) is 0. The Balaban J connectivity index is 2.60. The van der Waals surface area contributed by atoms with Gasteiger partial charge >= 0.3 is 6.61 Å². The van der Waals surface area contributed by atoms with Gasteiger partial charge in [0.2, 0.25) is 0 Å². The van der Waals surface area contributed by atoms with E-state index in [4.69, 9.17) is 5.73 Å². The zero-order valence-corrected chi connectivity index (χ0v) is 7.91. The summed E-state index contributed by atoms with van der Waals surface area (Å²) in [6, 6.07) is 6.90.